The first-order valence-electron chi connectivity index (χ1n) is 6.65. The van der Waals surface area contributed by atoms with E-state index in [1.807, 2.05) is 6.07 Å². The summed E-state index contributed by atoms with van der Waals surface area (Å²) in [5, 5.41) is 5.81. The van der Waals surface area contributed by atoms with Gasteiger partial charge in [-0.2, -0.15) is 0 Å². The summed E-state index contributed by atoms with van der Waals surface area (Å²) in [6.45, 7) is 2.07. The highest BCUT2D eigenvalue weighted by atomic mass is 19.1. The number of hydrogen-bond acceptors (Lipinski definition) is 2. The van der Waals surface area contributed by atoms with Crippen LogP contribution in [-0.2, 0) is 11.3 Å². The van der Waals surface area contributed by atoms with Crippen LogP contribution >= 0.6 is 0 Å². The van der Waals surface area contributed by atoms with Crippen molar-refractivity contribution in [2.24, 2.45) is 0 Å². The summed E-state index contributed by atoms with van der Waals surface area (Å²) in [5.41, 5.74) is 1.95. The van der Waals surface area contributed by atoms with Crippen LogP contribution in [0, 0.1) is 11.6 Å². The van der Waals surface area contributed by atoms with E-state index in [-0.39, 0.29) is 5.91 Å². The minimum atomic E-state index is -0.601. The summed E-state index contributed by atoms with van der Waals surface area (Å²) in [4.78, 5) is 11.3. The van der Waals surface area contributed by atoms with Gasteiger partial charge in [-0.05, 0) is 35.9 Å². The first-order chi connectivity index (χ1) is 10.1. The van der Waals surface area contributed by atoms with Crippen LogP contribution in [0.25, 0.3) is 0 Å². The van der Waals surface area contributed by atoms with Gasteiger partial charge < -0.3 is 10.6 Å². The summed E-state index contributed by atoms with van der Waals surface area (Å²) in [6, 6.07) is 10.5. The molecule has 0 aromatic heterocycles. The molecule has 0 saturated carbocycles. The number of nitrogens with one attached hydrogen (secondary N) is 2. The SMILES string of the molecule is CCC(=O)Nc1cccc(NCc2cc(F)cc(F)c2)c1. The summed E-state index contributed by atoms with van der Waals surface area (Å²) in [6.07, 6.45) is 0.403. The molecule has 1 amide bonds. The number of halogens is 2. The van der Waals surface area contributed by atoms with Gasteiger partial charge in [-0.3, -0.25) is 4.79 Å². The van der Waals surface area contributed by atoms with Gasteiger partial charge in [0, 0.05) is 30.4 Å². The van der Waals surface area contributed by atoms with Gasteiger partial charge in [0.15, 0.2) is 0 Å². The van der Waals surface area contributed by atoms with Crippen LogP contribution in [0.5, 0.6) is 0 Å². The zero-order valence-electron chi connectivity index (χ0n) is 11.6. The highest BCUT2D eigenvalue weighted by Gasteiger charge is 2.02. The Balaban J connectivity index is 2.02. The summed E-state index contributed by atoms with van der Waals surface area (Å²) in [5.74, 6) is -1.27. The number of amides is 1. The van der Waals surface area contributed by atoms with Crippen molar-refractivity contribution in [1.29, 1.82) is 0 Å². The lowest BCUT2D eigenvalue weighted by Crippen LogP contribution is -2.09. The van der Waals surface area contributed by atoms with Crippen LogP contribution in [0.3, 0.4) is 0 Å². The van der Waals surface area contributed by atoms with Crippen molar-refractivity contribution in [2.75, 3.05) is 10.6 Å². The molecule has 2 N–H and O–H groups in total. The van der Waals surface area contributed by atoms with E-state index in [0.29, 0.717) is 24.2 Å². The third-order valence-electron chi connectivity index (χ3n) is 2.89. The molecule has 2 rings (SSSR count). The number of anilines is 2. The number of rotatable bonds is 5. The molecule has 0 fully saturated rings. The largest absolute Gasteiger partial charge is 0.381 e. The number of carbonyl (C=O) groups is 1. The molecular weight excluding hydrogens is 274 g/mol. The van der Waals surface area contributed by atoms with E-state index < -0.39 is 11.6 Å². The summed E-state index contributed by atoms with van der Waals surface area (Å²) in [7, 11) is 0. The van der Waals surface area contributed by atoms with E-state index in [1.54, 1.807) is 25.1 Å². The Morgan fingerprint density at radius 2 is 1.71 bits per heavy atom. The summed E-state index contributed by atoms with van der Waals surface area (Å²) >= 11 is 0. The van der Waals surface area contributed by atoms with Crippen molar-refractivity contribution in [3.05, 3.63) is 59.7 Å². The standard InChI is InChI=1S/C16H16F2N2O/c1-2-16(21)20-15-5-3-4-14(9-15)19-10-11-6-12(17)8-13(18)7-11/h3-9,19H,2,10H2,1H3,(H,20,21). The van der Waals surface area contributed by atoms with Gasteiger partial charge in [-0.1, -0.05) is 13.0 Å². The average Bonchev–Trinajstić information content (AvgIpc) is 2.44. The molecule has 0 aliphatic rings. The smallest absolute Gasteiger partial charge is 0.224 e. The van der Waals surface area contributed by atoms with Crippen LogP contribution in [0.2, 0.25) is 0 Å². The fourth-order valence-corrected chi connectivity index (χ4v) is 1.87. The van der Waals surface area contributed by atoms with Crippen molar-refractivity contribution < 1.29 is 13.6 Å². The predicted molar refractivity (Wildman–Crippen MR) is 79.0 cm³/mol. The van der Waals surface area contributed by atoms with Gasteiger partial charge in [0.25, 0.3) is 0 Å². The summed E-state index contributed by atoms with van der Waals surface area (Å²) < 4.78 is 26.2. The van der Waals surface area contributed by atoms with Gasteiger partial charge in [0.2, 0.25) is 5.91 Å². The molecule has 0 unspecified atom stereocenters. The number of benzene rings is 2. The quantitative estimate of drug-likeness (QED) is 0.876. The van der Waals surface area contributed by atoms with Crippen LogP contribution in [0.4, 0.5) is 20.2 Å². The predicted octanol–water partition coefficient (Wildman–Crippen LogP) is 3.93. The molecule has 0 saturated heterocycles. The third kappa shape index (κ3) is 4.56. The second-order valence-corrected chi connectivity index (χ2v) is 4.61. The molecule has 2 aromatic carbocycles. The zero-order chi connectivity index (χ0) is 15.2. The highest BCUT2D eigenvalue weighted by Crippen LogP contribution is 2.17. The number of carbonyl (C=O) groups excluding carboxylic acids is 1. The number of hydrogen-bond donors (Lipinski definition) is 2. The molecule has 110 valence electrons. The van der Waals surface area contributed by atoms with Crippen LogP contribution in [0.1, 0.15) is 18.9 Å². The Morgan fingerprint density at radius 1 is 1.05 bits per heavy atom. The van der Waals surface area contributed by atoms with Crippen molar-refractivity contribution >= 4 is 17.3 Å². The molecule has 0 bridgehead atoms. The van der Waals surface area contributed by atoms with Crippen LogP contribution in [0.15, 0.2) is 42.5 Å². The van der Waals surface area contributed by atoms with Gasteiger partial charge in [-0.15, -0.1) is 0 Å². The van der Waals surface area contributed by atoms with E-state index >= 15 is 0 Å². The molecule has 0 aliphatic carbocycles. The lowest BCUT2D eigenvalue weighted by molar-refractivity contribution is -0.115. The second-order valence-electron chi connectivity index (χ2n) is 4.61. The van der Waals surface area contributed by atoms with Gasteiger partial charge >= 0.3 is 0 Å². The Labute approximate surface area is 122 Å². The molecule has 0 radical (unpaired) electrons. The van der Waals surface area contributed by atoms with Crippen LogP contribution in [-0.4, -0.2) is 5.91 Å². The van der Waals surface area contributed by atoms with Gasteiger partial charge in [0.05, 0.1) is 0 Å². The maximum absolute atomic E-state index is 13.1. The van der Waals surface area contributed by atoms with Crippen molar-refractivity contribution in [3.8, 4) is 0 Å². The van der Waals surface area contributed by atoms with E-state index in [0.717, 1.165) is 11.8 Å². The minimum Gasteiger partial charge on any atom is -0.381 e. The lowest BCUT2D eigenvalue weighted by atomic mass is 10.2. The Hall–Kier alpha value is -2.43. The molecule has 3 nitrogen and oxygen atoms in total. The molecule has 0 atom stereocenters. The first-order valence-corrected chi connectivity index (χ1v) is 6.65. The third-order valence-corrected chi connectivity index (χ3v) is 2.89. The van der Waals surface area contributed by atoms with Gasteiger partial charge in [0.1, 0.15) is 11.6 Å². The van der Waals surface area contributed by atoms with E-state index in [2.05, 4.69) is 10.6 Å². The first kappa shape index (κ1) is 15.0. The normalized spacial score (nSPS) is 10.2. The van der Waals surface area contributed by atoms with E-state index in [1.165, 1.54) is 12.1 Å². The molecule has 0 heterocycles. The zero-order valence-corrected chi connectivity index (χ0v) is 11.6. The second kappa shape index (κ2) is 6.83. The lowest BCUT2D eigenvalue weighted by Gasteiger charge is -2.09. The maximum Gasteiger partial charge on any atom is 0.224 e. The fourth-order valence-electron chi connectivity index (χ4n) is 1.87. The van der Waals surface area contributed by atoms with Crippen molar-refractivity contribution in [3.63, 3.8) is 0 Å². The monoisotopic (exact) mass is 290 g/mol. The highest BCUT2D eigenvalue weighted by molar-refractivity contribution is 5.90. The van der Waals surface area contributed by atoms with E-state index in [9.17, 15) is 13.6 Å². The minimum absolute atomic E-state index is 0.0700. The molecule has 21 heavy (non-hydrogen) atoms. The Bertz CT molecular complexity index is 624. The topological polar surface area (TPSA) is 41.1 Å². The van der Waals surface area contributed by atoms with Gasteiger partial charge in [-0.25, -0.2) is 8.78 Å². The Kier molecular flexibility index (Phi) is 4.87. The Morgan fingerprint density at radius 3 is 2.38 bits per heavy atom. The molecule has 2 aromatic rings. The molecule has 0 spiro atoms. The van der Waals surface area contributed by atoms with Crippen molar-refractivity contribution in [1.82, 2.24) is 0 Å². The average molecular weight is 290 g/mol. The van der Waals surface area contributed by atoms with Crippen LogP contribution < -0.4 is 10.6 Å². The van der Waals surface area contributed by atoms with E-state index in [4.69, 9.17) is 0 Å². The fraction of sp³-hybridized carbons (Fsp3) is 0.188. The molecular formula is C16H16F2N2O. The molecule has 5 heteroatoms. The van der Waals surface area contributed by atoms with Crippen molar-refractivity contribution in [2.45, 2.75) is 19.9 Å². The molecule has 0 aliphatic heterocycles. The maximum atomic E-state index is 13.1.